The van der Waals surface area contributed by atoms with Gasteiger partial charge < -0.3 is 10.2 Å². The lowest BCUT2D eigenvalue weighted by molar-refractivity contribution is -0.141. The molecule has 0 aromatic heterocycles. The predicted octanol–water partition coefficient (Wildman–Crippen LogP) is 3.77. The molecule has 0 fully saturated rings. The highest BCUT2D eigenvalue weighted by atomic mass is 35.5. The molecule has 1 N–H and O–H groups in total. The molecular formula is C18H27ClN2O2. The Morgan fingerprint density at radius 3 is 2.22 bits per heavy atom. The predicted molar refractivity (Wildman–Crippen MR) is 94.3 cm³/mol. The van der Waals surface area contributed by atoms with E-state index in [0.29, 0.717) is 24.4 Å². The van der Waals surface area contributed by atoms with Gasteiger partial charge in [-0.05, 0) is 37.5 Å². The van der Waals surface area contributed by atoms with Gasteiger partial charge in [-0.15, -0.1) is 0 Å². The van der Waals surface area contributed by atoms with Gasteiger partial charge in [0.2, 0.25) is 11.8 Å². The van der Waals surface area contributed by atoms with Crippen LogP contribution >= 0.6 is 11.6 Å². The molecule has 0 bridgehead atoms. The molecule has 0 spiro atoms. The molecule has 5 heteroatoms. The molecule has 0 aliphatic heterocycles. The number of benzene rings is 1. The lowest BCUT2D eigenvalue weighted by atomic mass is 10.1. The van der Waals surface area contributed by atoms with E-state index in [1.165, 1.54) is 0 Å². The van der Waals surface area contributed by atoms with Gasteiger partial charge >= 0.3 is 0 Å². The lowest BCUT2D eigenvalue weighted by Crippen LogP contribution is -2.50. The van der Waals surface area contributed by atoms with Crippen molar-refractivity contribution in [1.29, 1.82) is 0 Å². The summed E-state index contributed by atoms with van der Waals surface area (Å²) in [4.78, 5) is 26.6. The van der Waals surface area contributed by atoms with Gasteiger partial charge in [0.1, 0.15) is 6.04 Å². The van der Waals surface area contributed by atoms with Crippen LogP contribution in [0.25, 0.3) is 0 Å². The van der Waals surface area contributed by atoms with Crippen LogP contribution in [-0.4, -0.2) is 28.8 Å². The molecule has 0 radical (unpaired) electrons. The van der Waals surface area contributed by atoms with Crippen molar-refractivity contribution < 1.29 is 9.59 Å². The highest BCUT2D eigenvalue weighted by molar-refractivity contribution is 6.30. The molecule has 1 aromatic carbocycles. The minimum absolute atomic E-state index is 0.0221. The highest BCUT2D eigenvalue weighted by Gasteiger charge is 2.28. The molecule has 4 nitrogen and oxygen atoms in total. The SMILES string of the molecule is CCC(=O)N(Cc1ccc(Cl)cc1)[C@@H](CC)C(=O)N[C@@H](C)CC. The zero-order valence-corrected chi connectivity index (χ0v) is 15.2. The lowest BCUT2D eigenvalue weighted by Gasteiger charge is -2.31. The molecule has 2 atom stereocenters. The van der Waals surface area contributed by atoms with Crippen molar-refractivity contribution in [1.82, 2.24) is 10.2 Å². The van der Waals surface area contributed by atoms with E-state index in [-0.39, 0.29) is 17.9 Å². The molecule has 128 valence electrons. The van der Waals surface area contributed by atoms with Crippen LogP contribution in [0, 0.1) is 0 Å². The fourth-order valence-corrected chi connectivity index (χ4v) is 2.48. The van der Waals surface area contributed by atoms with E-state index in [2.05, 4.69) is 5.32 Å². The molecule has 0 saturated heterocycles. The van der Waals surface area contributed by atoms with Gasteiger partial charge in [0.15, 0.2) is 0 Å². The van der Waals surface area contributed by atoms with E-state index >= 15 is 0 Å². The van der Waals surface area contributed by atoms with Gasteiger partial charge in [-0.25, -0.2) is 0 Å². The molecule has 0 unspecified atom stereocenters. The third kappa shape index (κ3) is 5.87. The van der Waals surface area contributed by atoms with E-state index in [0.717, 1.165) is 12.0 Å². The van der Waals surface area contributed by atoms with Crippen LogP contribution in [0.4, 0.5) is 0 Å². The van der Waals surface area contributed by atoms with Gasteiger partial charge in [-0.2, -0.15) is 0 Å². The molecule has 2 amide bonds. The maximum Gasteiger partial charge on any atom is 0.243 e. The number of carbonyl (C=O) groups excluding carboxylic acids is 2. The summed E-state index contributed by atoms with van der Waals surface area (Å²) in [5, 5.41) is 3.64. The first-order valence-corrected chi connectivity index (χ1v) is 8.64. The first-order chi connectivity index (χ1) is 10.9. The smallest absolute Gasteiger partial charge is 0.243 e. The molecular weight excluding hydrogens is 312 g/mol. The Morgan fingerprint density at radius 2 is 1.74 bits per heavy atom. The second kappa shape index (κ2) is 9.56. The van der Waals surface area contributed by atoms with Crippen molar-refractivity contribution in [3.05, 3.63) is 34.9 Å². The Kier molecular flexibility index (Phi) is 8.10. The molecule has 1 rings (SSSR count). The quantitative estimate of drug-likeness (QED) is 0.784. The van der Waals surface area contributed by atoms with Crippen molar-refractivity contribution in [3.8, 4) is 0 Å². The topological polar surface area (TPSA) is 49.4 Å². The molecule has 0 heterocycles. The highest BCUT2D eigenvalue weighted by Crippen LogP contribution is 2.16. The van der Waals surface area contributed by atoms with Gasteiger partial charge in [0, 0.05) is 24.0 Å². The zero-order valence-electron chi connectivity index (χ0n) is 14.4. The van der Waals surface area contributed by atoms with Crippen molar-refractivity contribution in [2.45, 2.75) is 65.6 Å². The summed E-state index contributed by atoms with van der Waals surface area (Å²) in [6, 6.07) is 7.02. The second-order valence-corrected chi connectivity index (χ2v) is 6.18. The van der Waals surface area contributed by atoms with Crippen molar-refractivity contribution >= 4 is 23.4 Å². The Balaban J connectivity index is 2.95. The average molecular weight is 339 g/mol. The maximum atomic E-state index is 12.5. The Morgan fingerprint density at radius 1 is 1.13 bits per heavy atom. The average Bonchev–Trinajstić information content (AvgIpc) is 2.55. The number of hydrogen-bond acceptors (Lipinski definition) is 2. The van der Waals surface area contributed by atoms with Crippen LogP contribution < -0.4 is 5.32 Å². The third-order valence-corrected chi connectivity index (χ3v) is 4.21. The number of halogens is 1. The van der Waals surface area contributed by atoms with Crippen LogP contribution in [-0.2, 0) is 16.1 Å². The van der Waals surface area contributed by atoms with Gasteiger partial charge in [0.05, 0.1) is 0 Å². The summed E-state index contributed by atoms with van der Waals surface area (Å²) in [7, 11) is 0. The zero-order chi connectivity index (χ0) is 17.4. The van der Waals surface area contributed by atoms with E-state index in [9.17, 15) is 9.59 Å². The Bertz CT molecular complexity index is 516. The van der Waals surface area contributed by atoms with Crippen LogP contribution in [0.15, 0.2) is 24.3 Å². The van der Waals surface area contributed by atoms with E-state index < -0.39 is 6.04 Å². The summed E-state index contributed by atoms with van der Waals surface area (Å²) < 4.78 is 0. The first-order valence-electron chi connectivity index (χ1n) is 8.27. The standard InChI is InChI=1S/C18H27ClN2O2/c1-5-13(4)20-18(23)16(6-2)21(17(22)7-3)12-14-8-10-15(19)11-9-14/h8-11,13,16H,5-7,12H2,1-4H3,(H,20,23)/t13-,16-/m0/s1. The minimum Gasteiger partial charge on any atom is -0.352 e. The fourth-order valence-electron chi connectivity index (χ4n) is 2.35. The summed E-state index contributed by atoms with van der Waals surface area (Å²) in [5.74, 6) is -0.108. The fraction of sp³-hybridized carbons (Fsp3) is 0.556. The van der Waals surface area contributed by atoms with Gasteiger partial charge in [0.25, 0.3) is 0 Å². The summed E-state index contributed by atoms with van der Waals surface area (Å²) in [6.07, 6.45) is 1.82. The Labute approximate surface area is 144 Å². The normalized spacial score (nSPS) is 13.3. The largest absolute Gasteiger partial charge is 0.352 e. The van der Waals surface area contributed by atoms with E-state index in [1.807, 2.05) is 39.8 Å². The molecule has 0 aliphatic rings. The van der Waals surface area contributed by atoms with E-state index in [1.54, 1.807) is 17.0 Å². The van der Waals surface area contributed by atoms with Crippen LogP contribution in [0.1, 0.15) is 52.5 Å². The number of amides is 2. The molecule has 1 aromatic rings. The molecule has 23 heavy (non-hydrogen) atoms. The number of hydrogen-bond donors (Lipinski definition) is 1. The van der Waals surface area contributed by atoms with Crippen molar-refractivity contribution in [2.24, 2.45) is 0 Å². The summed E-state index contributed by atoms with van der Waals surface area (Å²) >= 11 is 5.91. The summed E-state index contributed by atoms with van der Waals surface area (Å²) in [5.41, 5.74) is 0.964. The van der Waals surface area contributed by atoms with Crippen LogP contribution in [0.2, 0.25) is 5.02 Å². The molecule has 0 saturated carbocycles. The van der Waals surface area contributed by atoms with Crippen molar-refractivity contribution in [3.63, 3.8) is 0 Å². The Hall–Kier alpha value is -1.55. The number of nitrogens with one attached hydrogen (secondary N) is 1. The molecule has 0 aliphatic carbocycles. The first kappa shape index (κ1) is 19.5. The van der Waals surface area contributed by atoms with Gasteiger partial charge in [-0.1, -0.05) is 44.5 Å². The second-order valence-electron chi connectivity index (χ2n) is 5.74. The van der Waals surface area contributed by atoms with Crippen LogP contribution in [0.5, 0.6) is 0 Å². The van der Waals surface area contributed by atoms with Crippen LogP contribution in [0.3, 0.4) is 0 Å². The summed E-state index contributed by atoms with van der Waals surface area (Å²) in [6.45, 7) is 8.15. The van der Waals surface area contributed by atoms with E-state index in [4.69, 9.17) is 11.6 Å². The van der Waals surface area contributed by atoms with Gasteiger partial charge in [-0.3, -0.25) is 9.59 Å². The number of rotatable bonds is 8. The van der Waals surface area contributed by atoms with Crippen molar-refractivity contribution in [2.75, 3.05) is 0 Å². The number of nitrogens with zero attached hydrogens (tertiary/aromatic N) is 1. The minimum atomic E-state index is -0.452. The third-order valence-electron chi connectivity index (χ3n) is 3.96. The maximum absolute atomic E-state index is 12.5. The number of carbonyl (C=O) groups is 2. The monoisotopic (exact) mass is 338 g/mol.